The maximum atomic E-state index is 13.3. The van der Waals surface area contributed by atoms with Gasteiger partial charge >= 0.3 is 0 Å². The molecule has 0 radical (unpaired) electrons. The van der Waals surface area contributed by atoms with Crippen LogP contribution >= 0.6 is 46.3 Å². The summed E-state index contributed by atoms with van der Waals surface area (Å²) in [6.45, 7) is 2.58. The lowest BCUT2D eigenvalue weighted by molar-refractivity contribution is 0.0764. The highest BCUT2D eigenvalue weighted by Gasteiger charge is 2.34. The standard InChI is InChI=1S/C20H16Cl2N2OS2/c1-12-17(27-18(23-12)13-5-3-2-4-6-13)19(25)24-9-10-26-20(24)15-8-7-14(21)11-16(15)22/h2-8,11,20H,9-10H2,1H3. The van der Waals surface area contributed by atoms with Gasteiger partial charge in [-0.25, -0.2) is 4.98 Å². The molecule has 2 aromatic carbocycles. The van der Waals surface area contributed by atoms with E-state index in [0.717, 1.165) is 27.6 Å². The van der Waals surface area contributed by atoms with Crippen molar-refractivity contribution in [3.8, 4) is 10.6 Å². The van der Waals surface area contributed by atoms with Crippen LogP contribution in [0.1, 0.15) is 26.3 Å². The largest absolute Gasteiger partial charge is 0.321 e. The molecule has 1 atom stereocenters. The highest BCUT2D eigenvalue weighted by molar-refractivity contribution is 7.99. The molecule has 7 heteroatoms. The van der Waals surface area contributed by atoms with Crippen molar-refractivity contribution in [3.63, 3.8) is 0 Å². The zero-order chi connectivity index (χ0) is 19.0. The summed E-state index contributed by atoms with van der Waals surface area (Å²) in [5.74, 6) is 0.881. The quantitative estimate of drug-likeness (QED) is 0.483. The van der Waals surface area contributed by atoms with Crippen molar-refractivity contribution in [1.29, 1.82) is 0 Å². The molecule has 0 spiro atoms. The number of halogens is 2. The first-order chi connectivity index (χ1) is 13.0. The minimum Gasteiger partial charge on any atom is -0.321 e. The van der Waals surface area contributed by atoms with Gasteiger partial charge in [0.25, 0.3) is 5.91 Å². The molecule has 4 rings (SSSR count). The number of amides is 1. The lowest BCUT2D eigenvalue weighted by Crippen LogP contribution is -2.30. The fourth-order valence-electron chi connectivity index (χ4n) is 3.07. The van der Waals surface area contributed by atoms with Crippen molar-refractivity contribution in [3.05, 3.63) is 74.7 Å². The van der Waals surface area contributed by atoms with Gasteiger partial charge in [-0.05, 0) is 19.1 Å². The number of thiazole rings is 1. The highest BCUT2D eigenvalue weighted by atomic mass is 35.5. The van der Waals surface area contributed by atoms with Gasteiger partial charge in [-0.2, -0.15) is 0 Å². The number of thioether (sulfide) groups is 1. The Kier molecular flexibility index (Phi) is 5.46. The van der Waals surface area contributed by atoms with Gasteiger partial charge in [-0.3, -0.25) is 4.79 Å². The number of nitrogens with zero attached hydrogens (tertiary/aromatic N) is 2. The molecular formula is C20H16Cl2N2OS2. The second-order valence-electron chi connectivity index (χ2n) is 6.19. The molecule has 0 bridgehead atoms. The molecule has 0 aliphatic carbocycles. The van der Waals surface area contributed by atoms with Crippen LogP contribution in [0.5, 0.6) is 0 Å². The third-order valence-corrected chi connectivity index (χ3v) is 7.39. The van der Waals surface area contributed by atoms with E-state index in [-0.39, 0.29) is 11.3 Å². The molecule has 1 unspecified atom stereocenters. The number of rotatable bonds is 3. The first-order valence-corrected chi connectivity index (χ1v) is 11.1. The van der Waals surface area contributed by atoms with E-state index in [1.54, 1.807) is 17.8 Å². The summed E-state index contributed by atoms with van der Waals surface area (Å²) in [6, 6.07) is 15.4. The second-order valence-corrected chi connectivity index (χ2v) is 9.22. The van der Waals surface area contributed by atoms with Crippen molar-refractivity contribution in [2.75, 3.05) is 12.3 Å². The summed E-state index contributed by atoms with van der Waals surface area (Å²) in [4.78, 5) is 20.5. The molecule has 0 saturated carbocycles. The Labute approximate surface area is 176 Å². The Bertz CT molecular complexity index is 991. The van der Waals surface area contributed by atoms with Gasteiger partial charge in [0.05, 0.1) is 5.69 Å². The summed E-state index contributed by atoms with van der Waals surface area (Å²) in [7, 11) is 0. The van der Waals surface area contributed by atoms with E-state index >= 15 is 0 Å². The third-order valence-electron chi connectivity index (χ3n) is 4.39. The number of carbonyl (C=O) groups is 1. The maximum Gasteiger partial charge on any atom is 0.267 e. The average Bonchev–Trinajstić information content (AvgIpc) is 3.29. The van der Waals surface area contributed by atoms with Crippen molar-refractivity contribution >= 4 is 52.2 Å². The molecule has 3 aromatic rings. The number of aromatic nitrogens is 1. The zero-order valence-electron chi connectivity index (χ0n) is 14.5. The molecule has 0 N–H and O–H groups in total. The Morgan fingerprint density at radius 3 is 2.70 bits per heavy atom. The molecule has 1 amide bonds. The van der Waals surface area contributed by atoms with Crippen LogP contribution in [-0.4, -0.2) is 28.1 Å². The lowest BCUT2D eigenvalue weighted by atomic mass is 10.2. The van der Waals surface area contributed by atoms with Crippen molar-refractivity contribution < 1.29 is 4.79 Å². The lowest BCUT2D eigenvalue weighted by Gasteiger charge is -2.24. The van der Waals surface area contributed by atoms with Crippen LogP contribution < -0.4 is 0 Å². The predicted octanol–water partition coefficient (Wildman–Crippen LogP) is 6.31. The van der Waals surface area contributed by atoms with Gasteiger partial charge in [0, 0.05) is 33.5 Å². The average molecular weight is 435 g/mol. The highest BCUT2D eigenvalue weighted by Crippen LogP contribution is 2.43. The number of aryl methyl sites for hydroxylation is 1. The number of carbonyl (C=O) groups excluding carboxylic acids is 1. The number of hydrogen-bond acceptors (Lipinski definition) is 4. The zero-order valence-corrected chi connectivity index (χ0v) is 17.6. The molecular weight excluding hydrogens is 419 g/mol. The summed E-state index contributed by atoms with van der Waals surface area (Å²) in [5.41, 5.74) is 2.71. The minimum absolute atomic E-state index is 0.00759. The van der Waals surface area contributed by atoms with Crippen LogP contribution in [0, 0.1) is 6.92 Å². The Morgan fingerprint density at radius 1 is 1.19 bits per heavy atom. The molecule has 138 valence electrons. The van der Waals surface area contributed by atoms with Crippen LogP contribution in [0.2, 0.25) is 10.0 Å². The predicted molar refractivity (Wildman–Crippen MR) is 115 cm³/mol. The molecule has 1 aromatic heterocycles. The Hall–Kier alpha value is -1.53. The monoisotopic (exact) mass is 434 g/mol. The van der Waals surface area contributed by atoms with Gasteiger partial charge in [-0.1, -0.05) is 59.6 Å². The van der Waals surface area contributed by atoms with Crippen LogP contribution in [0.15, 0.2) is 48.5 Å². The minimum atomic E-state index is -0.107. The van der Waals surface area contributed by atoms with E-state index in [0.29, 0.717) is 21.5 Å². The van der Waals surface area contributed by atoms with Gasteiger partial charge in [0.2, 0.25) is 0 Å². The van der Waals surface area contributed by atoms with Crippen molar-refractivity contribution in [1.82, 2.24) is 9.88 Å². The second kappa shape index (κ2) is 7.84. The molecule has 2 heterocycles. The third kappa shape index (κ3) is 3.74. The molecule has 27 heavy (non-hydrogen) atoms. The summed E-state index contributed by atoms with van der Waals surface area (Å²) in [6.07, 6.45) is 0. The van der Waals surface area contributed by atoms with Crippen molar-refractivity contribution in [2.24, 2.45) is 0 Å². The molecule has 3 nitrogen and oxygen atoms in total. The van der Waals surface area contributed by atoms with Gasteiger partial charge in [-0.15, -0.1) is 23.1 Å². The van der Waals surface area contributed by atoms with E-state index < -0.39 is 0 Å². The maximum absolute atomic E-state index is 13.3. The first kappa shape index (κ1) is 18.8. The molecule has 1 fully saturated rings. The van der Waals surface area contributed by atoms with E-state index in [2.05, 4.69) is 4.98 Å². The molecule has 1 aliphatic rings. The van der Waals surface area contributed by atoms with Gasteiger partial charge < -0.3 is 4.90 Å². The topological polar surface area (TPSA) is 33.2 Å². The molecule has 1 saturated heterocycles. The van der Waals surface area contributed by atoms with Crippen molar-refractivity contribution in [2.45, 2.75) is 12.3 Å². The SMILES string of the molecule is Cc1nc(-c2ccccc2)sc1C(=O)N1CCSC1c1ccc(Cl)cc1Cl. The smallest absolute Gasteiger partial charge is 0.267 e. The Balaban J connectivity index is 1.65. The van der Waals surface area contributed by atoms with Crippen LogP contribution in [0.4, 0.5) is 0 Å². The molecule has 1 aliphatic heterocycles. The van der Waals surface area contributed by atoms with E-state index in [4.69, 9.17) is 23.2 Å². The normalized spacial score (nSPS) is 16.7. The fraction of sp³-hybridized carbons (Fsp3) is 0.200. The number of hydrogen-bond donors (Lipinski definition) is 0. The van der Waals surface area contributed by atoms with Crippen LogP contribution in [-0.2, 0) is 0 Å². The summed E-state index contributed by atoms with van der Waals surface area (Å²) < 4.78 is 0. The fourth-order valence-corrected chi connectivity index (χ4v) is 5.96. The first-order valence-electron chi connectivity index (χ1n) is 8.45. The Morgan fingerprint density at radius 2 is 1.96 bits per heavy atom. The van der Waals surface area contributed by atoms with Crippen LogP contribution in [0.25, 0.3) is 10.6 Å². The summed E-state index contributed by atoms with van der Waals surface area (Å²) in [5, 5.41) is 1.94. The van der Waals surface area contributed by atoms with E-state index in [1.807, 2.05) is 54.3 Å². The van der Waals surface area contributed by atoms with Crippen LogP contribution in [0.3, 0.4) is 0 Å². The van der Waals surface area contributed by atoms with Gasteiger partial charge in [0.15, 0.2) is 0 Å². The van der Waals surface area contributed by atoms with E-state index in [9.17, 15) is 4.79 Å². The van der Waals surface area contributed by atoms with E-state index in [1.165, 1.54) is 11.3 Å². The number of benzene rings is 2. The summed E-state index contributed by atoms with van der Waals surface area (Å²) >= 11 is 15.6. The van der Waals surface area contributed by atoms with Gasteiger partial charge in [0.1, 0.15) is 15.3 Å².